The molecule has 0 unspecified atom stereocenters. The van der Waals surface area contributed by atoms with Gasteiger partial charge in [0.25, 0.3) is 0 Å². The van der Waals surface area contributed by atoms with E-state index in [1.165, 1.54) is 89.2 Å². The van der Waals surface area contributed by atoms with Crippen LogP contribution >= 0.6 is 0 Å². The minimum Gasteiger partial charge on any atom is -0.463 e. The van der Waals surface area contributed by atoms with Crippen LogP contribution in [0.2, 0.25) is 0 Å². The number of hydrogen-bond donors (Lipinski definition) is 0. The molecule has 0 aliphatic heterocycles. The first-order valence-electron chi connectivity index (χ1n) is 13.4. The maximum Gasteiger partial charge on any atom is 0.331 e. The first kappa shape index (κ1) is 30.7. The Kier molecular flexibility index (Phi) is 21.9. The standard InChI is InChI=1S/C28H52O4/c1-25(2)19-15-11-7-5-9-13-17-23-31-27(29)21-22-28(30)32-24-18-14-10-6-8-12-16-20-26(3)4/h21-22,25-26H,5-20,23-24H2,1-4H3/b22-21-. The molecule has 0 saturated heterocycles. The van der Waals surface area contributed by atoms with Gasteiger partial charge in [-0.3, -0.25) is 0 Å². The van der Waals surface area contributed by atoms with Crippen molar-refractivity contribution >= 4 is 11.9 Å². The summed E-state index contributed by atoms with van der Waals surface area (Å²) in [5.41, 5.74) is 0. The fraction of sp³-hybridized carbons (Fsp3) is 0.857. The summed E-state index contributed by atoms with van der Waals surface area (Å²) >= 11 is 0. The van der Waals surface area contributed by atoms with Crippen molar-refractivity contribution in [3.63, 3.8) is 0 Å². The van der Waals surface area contributed by atoms with Crippen LogP contribution in [-0.2, 0) is 19.1 Å². The molecule has 0 heterocycles. The summed E-state index contributed by atoms with van der Waals surface area (Å²) in [6, 6.07) is 0. The van der Waals surface area contributed by atoms with Crippen LogP contribution < -0.4 is 0 Å². The molecule has 0 fully saturated rings. The predicted molar refractivity (Wildman–Crippen MR) is 135 cm³/mol. The third-order valence-corrected chi connectivity index (χ3v) is 5.70. The normalized spacial score (nSPS) is 11.6. The molecular formula is C28H52O4. The van der Waals surface area contributed by atoms with E-state index in [-0.39, 0.29) is 0 Å². The highest BCUT2D eigenvalue weighted by atomic mass is 16.5. The van der Waals surface area contributed by atoms with E-state index in [9.17, 15) is 9.59 Å². The summed E-state index contributed by atoms with van der Waals surface area (Å²) in [4.78, 5) is 23.3. The largest absolute Gasteiger partial charge is 0.463 e. The van der Waals surface area contributed by atoms with Crippen LogP contribution in [0.15, 0.2) is 12.2 Å². The molecule has 0 aromatic carbocycles. The van der Waals surface area contributed by atoms with E-state index in [2.05, 4.69) is 27.7 Å². The summed E-state index contributed by atoms with van der Waals surface area (Å²) in [7, 11) is 0. The first-order valence-corrected chi connectivity index (χ1v) is 13.4. The fourth-order valence-corrected chi connectivity index (χ4v) is 3.65. The Labute approximate surface area is 198 Å². The maximum atomic E-state index is 11.7. The van der Waals surface area contributed by atoms with Crippen LogP contribution in [0.1, 0.15) is 130 Å². The van der Waals surface area contributed by atoms with E-state index < -0.39 is 11.9 Å². The quantitative estimate of drug-likeness (QED) is 0.0943. The van der Waals surface area contributed by atoms with Crippen molar-refractivity contribution in [3.05, 3.63) is 12.2 Å². The minimum atomic E-state index is -0.465. The molecule has 188 valence electrons. The molecule has 0 aromatic heterocycles. The molecule has 0 aromatic rings. The summed E-state index contributed by atoms with van der Waals surface area (Å²) in [5.74, 6) is 0.690. The van der Waals surface area contributed by atoms with Crippen LogP contribution in [0, 0.1) is 11.8 Å². The zero-order valence-electron chi connectivity index (χ0n) is 21.7. The van der Waals surface area contributed by atoms with Crippen molar-refractivity contribution in [2.45, 2.75) is 130 Å². The molecule has 0 saturated carbocycles. The zero-order valence-corrected chi connectivity index (χ0v) is 21.7. The van der Waals surface area contributed by atoms with Gasteiger partial charge in [0.05, 0.1) is 13.2 Å². The van der Waals surface area contributed by atoms with E-state index in [4.69, 9.17) is 9.47 Å². The van der Waals surface area contributed by atoms with E-state index in [1.54, 1.807) is 0 Å². The zero-order chi connectivity index (χ0) is 23.9. The third-order valence-electron chi connectivity index (χ3n) is 5.70. The second-order valence-electron chi connectivity index (χ2n) is 9.98. The van der Waals surface area contributed by atoms with Gasteiger partial charge in [0, 0.05) is 12.2 Å². The molecule has 0 radical (unpaired) electrons. The highest BCUT2D eigenvalue weighted by molar-refractivity contribution is 5.91. The molecular weight excluding hydrogens is 400 g/mol. The second kappa shape index (κ2) is 22.9. The molecule has 0 bridgehead atoms. The lowest BCUT2D eigenvalue weighted by molar-refractivity contribution is -0.140. The van der Waals surface area contributed by atoms with Crippen LogP contribution in [0.3, 0.4) is 0 Å². The number of rotatable bonds is 22. The predicted octanol–water partition coefficient (Wildman–Crippen LogP) is 8.18. The third kappa shape index (κ3) is 24.9. The Morgan fingerprint density at radius 3 is 1.09 bits per heavy atom. The molecule has 0 amide bonds. The number of carbonyl (C=O) groups excluding carboxylic acids is 2. The van der Waals surface area contributed by atoms with Gasteiger partial charge < -0.3 is 9.47 Å². The van der Waals surface area contributed by atoms with Crippen molar-refractivity contribution < 1.29 is 19.1 Å². The Morgan fingerprint density at radius 1 is 0.500 bits per heavy atom. The topological polar surface area (TPSA) is 52.6 Å². The first-order chi connectivity index (χ1) is 15.4. The van der Waals surface area contributed by atoms with Gasteiger partial charge in [0.1, 0.15) is 0 Å². The van der Waals surface area contributed by atoms with Crippen LogP contribution in [0.25, 0.3) is 0 Å². The molecule has 4 nitrogen and oxygen atoms in total. The van der Waals surface area contributed by atoms with E-state index in [1.807, 2.05) is 0 Å². The number of hydrogen-bond acceptors (Lipinski definition) is 4. The van der Waals surface area contributed by atoms with Crippen molar-refractivity contribution in [1.82, 2.24) is 0 Å². The lowest BCUT2D eigenvalue weighted by Crippen LogP contribution is -2.06. The highest BCUT2D eigenvalue weighted by Crippen LogP contribution is 2.13. The highest BCUT2D eigenvalue weighted by Gasteiger charge is 2.02. The summed E-state index contributed by atoms with van der Waals surface area (Å²) in [5, 5.41) is 0. The van der Waals surface area contributed by atoms with E-state index in [0.717, 1.165) is 37.5 Å². The Balaban J connectivity index is 3.43. The van der Waals surface area contributed by atoms with Gasteiger partial charge >= 0.3 is 11.9 Å². The number of esters is 2. The SMILES string of the molecule is CC(C)CCCCCCCCCOC(=O)/C=C\C(=O)OCCCCCCCCCC(C)C. The summed E-state index contributed by atoms with van der Waals surface area (Å²) in [6.45, 7) is 9.94. The van der Waals surface area contributed by atoms with Crippen molar-refractivity contribution in [2.75, 3.05) is 13.2 Å². The van der Waals surface area contributed by atoms with E-state index >= 15 is 0 Å². The minimum absolute atomic E-state index is 0.420. The van der Waals surface area contributed by atoms with E-state index in [0.29, 0.717) is 13.2 Å². The van der Waals surface area contributed by atoms with Gasteiger partial charge in [-0.05, 0) is 24.7 Å². The Hall–Kier alpha value is -1.32. The van der Waals surface area contributed by atoms with Crippen molar-refractivity contribution in [1.29, 1.82) is 0 Å². The number of ether oxygens (including phenoxy) is 2. The van der Waals surface area contributed by atoms with Crippen LogP contribution in [0.4, 0.5) is 0 Å². The van der Waals surface area contributed by atoms with Gasteiger partial charge in [0.2, 0.25) is 0 Å². The Bertz CT molecular complexity index is 426. The summed E-state index contributed by atoms with van der Waals surface area (Å²) < 4.78 is 10.3. The average Bonchev–Trinajstić information content (AvgIpc) is 2.74. The number of carbonyl (C=O) groups is 2. The molecule has 0 rings (SSSR count). The molecule has 0 aliphatic carbocycles. The van der Waals surface area contributed by atoms with Crippen LogP contribution in [-0.4, -0.2) is 25.2 Å². The molecule has 0 N–H and O–H groups in total. The monoisotopic (exact) mass is 452 g/mol. The number of unbranched alkanes of at least 4 members (excludes halogenated alkanes) is 12. The van der Waals surface area contributed by atoms with Gasteiger partial charge in [-0.1, -0.05) is 118 Å². The molecule has 4 heteroatoms. The summed E-state index contributed by atoms with van der Waals surface area (Å²) in [6.07, 6.45) is 21.8. The Morgan fingerprint density at radius 2 is 0.781 bits per heavy atom. The average molecular weight is 453 g/mol. The lowest BCUT2D eigenvalue weighted by atomic mass is 10.0. The molecule has 0 aliphatic rings. The van der Waals surface area contributed by atoms with Gasteiger partial charge in [-0.25, -0.2) is 9.59 Å². The van der Waals surface area contributed by atoms with Crippen LogP contribution in [0.5, 0.6) is 0 Å². The van der Waals surface area contributed by atoms with Gasteiger partial charge in [0.15, 0.2) is 0 Å². The maximum absolute atomic E-state index is 11.7. The van der Waals surface area contributed by atoms with Gasteiger partial charge in [-0.15, -0.1) is 0 Å². The molecule has 0 atom stereocenters. The fourth-order valence-electron chi connectivity index (χ4n) is 3.65. The molecule has 32 heavy (non-hydrogen) atoms. The second-order valence-corrected chi connectivity index (χ2v) is 9.98. The van der Waals surface area contributed by atoms with Crippen molar-refractivity contribution in [2.24, 2.45) is 11.8 Å². The smallest absolute Gasteiger partial charge is 0.331 e. The molecule has 0 spiro atoms. The van der Waals surface area contributed by atoms with Crippen molar-refractivity contribution in [3.8, 4) is 0 Å². The van der Waals surface area contributed by atoms with Gasteiger partial charge in [-0.2, -0.15) is 0 Å². The lowest BCUT2D eigenvalue weighted by Gasteiger charge is -2.05.